The van der Waals surface area contributed by atoms with Crippen LogP contribution in [-0.4, -0.2) is 16.5 Å². The number of aliphatic imine (C=N–C) groups is 1. The second kappa shape index (κ2) is 4.96. The number of aromatic nitrogens is 1. The maximum absolute atomic E-state index is 5.77. The first-order chi connectivity index (χ1) is 7.38. The molecule has 0 unspecified atom stereocenters. The molecule has 3 N–H and O–H groups in total. The molecule has 0 bridgehead atoms. The number of rotatable bonds is 2. The van der Waals surface area contributed by atoms with Crippen molar-refractivity contribution in [1.29, 1.82) is 0 Å². The first-order valence-corrected chi connectivity index (χ1v) is 5.37. The van der Waals surface area contributed by atoms with Crippen LogP contribution in [0.2, 0.25) is 0 Å². The number of nitrogens with two attached hydrogens (primary N) is 1. The lowest BCUT2D eigenvalue weighted by atomic mass is 10.1. The summed E-state index contributed by atoms with van der Waals surface area (Å²) in [5, 5.41) is 3.11. The molecule has 1 heterocycles. The zero-order valence-electron chi connectivity index (χ0n) is 10.4. The van der Waals surface area contributed by atoms with Crippen molar-refractivity contribution in [2.75, 3.05) is 0 Å². The van der Waals surface area contributed by atoms with Crippen LogP contribution in [0.15, 0.2) is 23.3 Å². The van der Waals surface area contributed by atoms with Gasteiger partial charge in [0.05, 0.1) is 12.2 Å². The molecule has 1 aromatic heterocycles. The molecule has 4 nitrogen and oxygen atoms in total. The molecule has 0 saturated heterocycles. The molecule has 0 fully saturated rings. The van der Waals surface area contributed by atoms with Gasteiger partial charge < -0.3 is 11.1 Å². The van der Waals surface area contributed by atoms with Gasteiger partial charge in [-0.05, 0) is 39.3 Å². The minimum absolute atomic E-state index is 0.0628. The molecule has 0 spiro atoms. The van der Waals surface area contributed by atoms with E-state index in [2.05, 4.69) is 15.3 Å². The first-order valence-electron chi connectivity index (χ1n) is 5.37. The lowest BCUT2D eigenvalue weighted by molar-refractivity contribution is 0.508. The van der Waals surface area contributed by atoms with Crippen molar-refractivity contribution in [2.24, 2.45) is 10.7 Å². The summed E-state index contributed by atoms with van der Waals surface area (Å²) in [4.78, 5) is 8.52. The van der Waals surface area contributed by atoms with Gasteiger partial charge in [0.15, 0.2) is 5.96 Å². The number of nitrogens with one attached hydrogen (secondary N) is 1. The van der Waals surface area contributed by atoms with Crippen LogP contribution in [0.3, 0.4) is 0 Å². The maximum atomic E-state index is 5.77. The van der Waals surface area contributed by atoms with Gasteiger partial charge in [0.25, 0.3) is 0 Å². The normalized spacial score (nSPS) is 12.6. The average molecular weight is 220 g/mol. The van der Waals surface area contributed by atoms with Gasteiger partial charge >= 0.3 is 0 Å². The van der Waals surface area contributed by atoms with Crippen LogP contribution in [0.1, 0.15) is 32.0 Å². The van der Waals surface area contributed by atoms with Crippen molar-refractivity contribution in [2.45, 2.75) is 39.8 Å². The van der Waals surface area contributed by atoms with Gasteiger partial charge in [0.2, 0.25) is 0 Å². The number of aryl methyl sites for hydroxylation is 1. The number of nitrogens with zero attached hydrogens (tertiary/aromatic N) is 2. The van der Waals surface area contributed by atoms with Crippen molar-refractivity contribution in [3.8, 4) is 0 Å². The molecule has 0 saturated carbocycles. The van der Waals surface area contributed by atoms with E-state index in [0.717, 1.165) is 11.3 Å². The SMILES string of the molecule is Cc1cccnc1CN=C(N)NC(C)(C)C. The van der Waals surface area contributed by atoms with Crippen LogP contribution >= 0.6 is 0 Å². The summed E-state index contributed by atoms with van der Waals surface area (Å²) in [6, 6.07) is 3.94. The Bertz CT molecular complexity index is 377. The van der Waals surface area contributed by atoms with Crippen LogP contribution < -0.4 is 11.1 Å². The molecule has 16 heavy (non-hydrogen) atoms. The Morgan fingerprint density at radius 2 is 2.19 bits per heavy atom. The van der Waals surface area contributed by atoms with E-state index in [9.17, 15) is 0 Å². The summed E-state index contributed by atoms with van der Waals surface area (Å²) in [7, 11) is 0. The number of guanidine groups is 1. The molecule has 0 aliphatic rings. The van der Waals surface area contributed by atoms with Crippen molar-refractivity contribution in [1.82, 2.24) is 10.3 Å². The van der Waals surface area contributed by atoms with E-state index in [1.165, 1.54) is 0 Å². The summed E-state index contributed by atoms with van der Waals surface area (Å²) in [6.45, 7) is 8.66. The van der Waals surface area contributed by atoms with Crippen LogP contribution in [0.4, 0.5) is 0 Å². The molecule has 1 aromatic rings. The van der Waals surface area contributed by atoms with E-state index in [0.29, 0.717) is 12.5 Å². The van der Waals surface area contributed by atoms with Gasteiger partial charge in [0, 0.05) is 11.7 Å². The Morgan fingerprint density at radius 3 is 2.75 bits per heavy atom. The fourth-order valence-electron chi connectivity index (χ4n) is 1.27. The lowest BCUT2D eigenvalue weighted by Gasteiger charge is -2.20. The second-order valence-corrected chi connectivity index (χ2v) is 4.84. The summed E-state index contributed by atoms with van der Waals surface area (Å²) < 4.78 is 0. The van der Waals surface area contributed by atoms with Crippen LogP contribution in [0.5, 0.6) is 0 Å². The molecule has 0 amide bonds. The topological polar surface area (TPSA) is 63.3 Å². The van der Waals surface area contributed by atoms with E-state index in [4.69, 9.17) is 5.73 Å². The molecule has 0 aromatic carbocycles. The van der Waals surface area contributed by atoms with Crippen LogP contribution in [0.25, 0.3) is 0 Å². The molecule has 0 atom stereocenters. The van der Waals surface area contributed by atoms with Gasteiger partial charge in [-0.15, -0.1) is 0 Å². The van der Waals surface area contributed by atoms with Crippen LogP contribution in [-0.2, 0) is 6.54 Å². The molecule has 4 heteroatoms. The zero-order valence-corrected chi connectivity index (χ0v) is 10.4. The summed E-state index contributed by atoms with van der Waals surface area (Å²) >= 11 is 0. The van der Waals surface area contributed by atoms with E-state index in [1.807, 2.05) is 39.8 Å². The standard InChI is InChI=1S/C12H20N4/c1-9-6-5-7-14-10(9)8-15-11(13)16-12(2,3)4/h5-7H,8H2,1-4H3,(H3,13,15,16). The minimum atomic E-state index is -0.0628. The highest BCUT2D eigenvalue weighted by Gasteiger charge is 2.09. The third-order valence-electron chi connectivity index (χ3n) is 2.02. The largest absolute Gasteiger partial charge is 0.370 e. The molecular weight excluding hydrogens is 200 g/mol. The minimum Gasteiger partial charge on any atom is -0.370 e. The zero-order chi connectivity index (χ0) is 12.2. The fourth-order valence-corrected chi connectivity index (χ4v) is 1.27. The highest BCUT2D eigenvalue weighted by molar-refractivity contribution is 5.78. The number of hydrogen-bond acceptors (Lipinski definition) is 2. The van der Waals surface area contributed by atoms with E-state index in [1.54, 1.807) is 6.20 Å². The predicted molar refractivity (Wildman–Crippen MR) is 67.2 cm³/mol. The Kier molecular flexibility index (Phi) is 3.88. The summed E-state index contributed by atoms with van der Waals surface area (Å²) in [5.41, 5.74) is 7.80. The Morgan fingerprint density at radius 1 is 1.50 bits per heavy atom. The van der Waals surface area contributed by atoms with Gasteiger partial charge in [-0.2, -0.15) is 0 Å². The molecule has 0 aliphatic carbocycles. The summed E-state index contributed by atoms with van der Waals surface area (Å²) in [6.07, 6.45) is 1.77. The quantitative estimate of drug-likeness (QED) is 0.587. The number of hydrogen-bond donors (Lipinski definition) is 2. The fraction of sp³-hybridized carbons (Fsp3) is 0.500. The van der Waals surface area contributed by atoms with Gasteiger partial charge in [-0.1, -0.05) is 6.07 Å². The van der Waals surface area contributed by atoms with Gasteiger partial charge in [-0.3, -0.25) is 4.98 Å². The van der Waals surface area contributed by atoms with Gasteiger partial charge in [0.1, 0.15) is 0 Å². The smallest absolute Gasteiger partial charge is 0.189 e. The number of pyridine rings is 1. The third kappa shape index (κ3) is 4.29. The molecule has 88 valence electrons. The van der Waals surface area contributed by atoms with Crippen molar-refractivity contribution < 1.29 is 0 Å². The van der Waals surface area contributed by atoms with Crippen LogP contribution in [0, 0.1) is 6.92 Å². The van der Waals surface area contributed by atoms with E-state index in [-0.39, 0.29) is 5.54 Å². The average Bonchev–Trinajstić information content (AvgIpc) is 2.14. The highest BCUT2D eigenvalue weighted by atomic mass is 15.1. The van der Waals surface area contributed by atoms with Crippen molar-refractivity contribution in [3.63, 3.8) is 0 Å². The Labute approximate surface area is 97.0 Å². The van der Waals surface area contributed by atoms with E-state index >= 15 is 0 Å². The molecular formula is C12H20N4. The van der Waals surface area contributed by atoms with Crippen molar-refractivity contribution in [3.05, 3.63) is 29.6 Å². The lowest BCUT2D eigenvalue weighted by Crippen LogP contribution is -2.45. The summed E-state index contributed by atoms with van der Waals surface area (Å²) in [5.74, 6) is 0.456. The molecule has 0 radical (unpaired) electrons. The van der Waals surface area contributed by atoms with Crippen molar-refractivity contribution >= 4 is 5.96 Å². The Hall–Kier alpha value is -1.58. The monoisotopic (exact) mass is 220 g/mol. The molecule has 0 aliphatic heterocycles. The maximum Gasteiger partial charge on any atom is 0.189 e. The predicted octanol–water partition coefficient (Wildman–Crippen LogP) is 1.59. The van der Waals surface area contributed by atoms with E-state index < -0.39 is 0 Å². The molecule has 1 rings (SSSR count). The second-order valence-electron chi connectivity index (χ2n) is 4.84. The highest BCUT2D eigenvalue weighted by Crippen LogP contribution is 2.04. The van der Waals surface area contributed by atoms with Gasteiger partial charge in [-0.25, -0.2) is 4.99 Å². The first kappa shape index (κ1) is 12.5. The Balaban J connectivity index is 2.63. The third-order valence-corrected chi connectivity index (χ3v) is 2.02.